The summed E-state index contributed by atoms with van der Waals surface area (Å²) in [6, 6.07) is 15.2. The van der Waals surface area contributed by atoms with Crippen molar-refractivity contribution in [1.82, 2.24) is 0 Å². The van der Waals surface area contributed by atoms with E-state index in [4.69, 9.17) is 15.2 Å². The summed E-state index contributed by atoms with van der Waals surface area (Å²) in [7, 11) is 0. The number of hydrogen-bond donors (Lipinski definition) is 2. The van der Waals surface area contributed by atoms with E-state index in [2.05, 4.69) is 0 Å². The molecule has 1 aliphatic rings. The summed E-state index contributed by atoms with van der Waals surface area (Å²) in [5.41, 5.74) is 8.20. The Morgan fingerprint density at radius 2 is 1.83 bits per heavy atom. The van der Waals surface area contributed by atoms with Crippen LogP contribution in [-0.2, 0) is 11.3 Å². The smallest absolute Gasteiger partial charge is 0.124 e. The number of phenols is 1. The van der Waals surface area contributed by atoms with Crippen LogP contribution < -0.4 is 10.5 Å². The number of benzene rings is 2. The van der Waals surface area contributed by atoms with Gasteiger partial charge in [0.25, 0.3) is 0 Å². The van der Waals surface area contributed by atoms with Crippen molar-refractivity contribution >= 4 is 12.4 Å². The lowest BCUT2D eigenvalue weighted by atomic mass is 9.87. The second-order valence-corrected chi connectivity index (χ2v) is 5.97. The Labute approximate surface area is 149 Å². The monoisotopic (exact) mass is 349 g/mol. The molecule has 1 atom stereocenters. The maximum absolute atomic E-state index is 10.3. The third-order valence-corrected chi connectivity index (χ3v) is 4.38. The summed E-state index contributed by atoms with van der Waals surface area (Å²) in [5.74, 6) is 1.20. The maximum Gasteiger partial charge on any atom is 0.124 e. The minimum Gasteiger partial charge on any atom is -0.507 e. The molecule has 130 valence electrons. The van der Waals surface area contributed by atoms with Crippen LogP contribution in [0.25, 0.3) is 0 Å². The summed E-state index contributed by atoms with van der Waals surface area (Å²) in [4.78, 5) is 0. The van der Waals surface area contributed by atoms with E-state index in [1.54, 1.807) is 6.07 Å². The molecule has 0 aliphatic carbocycles. The Kier molecular flexibility index (Phi) is 6.91. The van der Waals surface area contributed by atoms with Crippen molar-refractivity contribution in [2.75, 3.05) is 13.2 Å². The highest BCUT2D eigenvalue weighted by molar-refractivity contribution is 5.85. The zero-order valence-corrected chi connectivity index (χ0v) is 14.4. The van der Waals surface area contributed by atoms with Crippen LogP contribution in [0.3, 0.4) is 0 Å². The lowest BCUT2D eigenvalue weighted by Crippen LogP contribution is -2.27. The highest BCUT2D eigenvalue weighted by atomic mass is 35.5. The van der Waals surface area contributed by atoms with Crippen LogP contribution in [0.15, 0.2) is 48.5 Å². The summed E-state index contributed by atoms with van der Waals surface area (Å²) in [6.07, 6.45) is 1.87. The molecule has 0 unspecified atom stereocenters. The van der Waals surface area contributed by atoms with Crippen LogP contribution in [0, 0.1) is 5.92 Å². The van der Waals surface area contributed by atoms with Gasteiger partial charge in [-0.2, -0.15) is 0 Å². The van der Waals surface area contributed by atoms with Crippen molar-refractivity contribution in [2.45, 2.75) is 25.5 Å². The number of phenolic OH excluding ortho intramolecular Hbond substituents is 1. The number of rotatable bonds is 5. The predicted molar refractivity (Wildman–Crippen MR) is 96.6 cm³/mol. The molecule has 5 heteroatoms. The summed E-state index contributed by atoms with van der Waals surface area (Å²) in [5, 5.41) is 10.3. The molecule has 0 spiro atoms. The summed E-state index contributed by atoms with van der Waals surface area (Å²) in [6.45, 7) is 1.97. The van der Waals surface area contributed by atoms with Gasteiger partial charge in [-0.1, -0.05) is 36.4 Å². The van der Waals surface area contributed by atoms with Gasteiger partial charge in [-0.3, -0.25) is 0 Å². The molecule has 1 aliphatic heterocycles. The van der Waals surface area contributed by atoms with Crippen LogP contribution in [0.5, 0.6) is 11.5 Å². The van der Waals surface area contributed by atoms with E-state index in [1.165, 1.54) is 0 Å². The third-order valence-electron chi connectivity index (χ3n) is 4.38. The Morgan fingerprint density at radius 3 is 2.50 bits per heavy atom. The number of ether oxygens (including phenoxy) is 2. The van der Waals surface area contributed by atoms with Crippen molar-refractivity contribution in [3.8, 4) is 11.5 Å². The summed E-state index contributed by atoms with van der Waals surface area (Å²) >= 11 is 0. The van der Waals surface area contributed by atoms with Crippen LogP contribution in [0.1, 0.15) is 30.0 Å². The SMILES string of the molecule is Cl.N[C@H](c1ccc(OCc2ccccc2)cc1O)C1CCOCC1. The van der Waals surface area contributed by atoms with Gasteiger partial charge in [0.2, 0.25) is 0 Å². The molecule has 0 radical (unpaired) electrons. The third kappa shape index (κ3) is 4.63. The quantitative estimate of drug-likeness (QED) is 0.861. The van der Waals surface area contributed by atoms with Gasteiger partial charge in [-0.25, -0.2) is 0 Å². The average Bonchev–Trinajstić information content (AvgIpc) is 2.61. The Morgan fingerprint density at radius 1 is 1.12 bits per heavy atom. The normalized spacial score (nSPS) is 16.2. The highest BCUT2D eigenvalue weighted by Gasteiger charge is 2.24. The highest BCUT2D eigenvalue weighted by Crippen LogP contribution is 2.34. The van der Waals surface area contributed by atoms with Crippen molar-refractivity contribution in [3.63, 3.8) is 0 Å². The van der Waals surface area contributed by atoms with Gasteiger partial charge in [0.1, 0.15) is 18.1 Å². The zero-order chi connectivity index (χ0) is 16.1. The first-order valence-electron chi connectivity index (χ1n) is 8.07. The van der Waals surface area contributed by atoms with Crippen molar-refractivity contribution in [2.24, 2.45) is 11.7 Å². The second-order valence-electron chi connectivity index (χ2n) is 5.97. The molecule has 3 N–H and O–H groups in total. The number of halogens is 1. The average molecular weight is 350 g/mol. The number of nitrogens with two attached hydrogens (primary N) is 1. The molecule has 24 heavy (non-hydrogen) atoms. The van der Waals surface area contributed by atoms with Gasteiger partial charge in [0, 0.05) is 30.9 Å². The molecule has 0 saturated carbocycles. The van der Waals surface area contributed by atoms with Gasteiger partial charge in [-0.05, 0) is 30.4 Å². The first-order valence-corrected chi connectivity index (χ1v) is 8.07. The molecule has 0 aromatic heterocycles. The second kappa shape index (κ2) is 8.92. The fraction of sp³-hybridized carbons (Fsp3) is 0.368. The van der Waals surface area contributed by atoms with Crippen LogP contribution in [0.4, 0.5) is 0 Å². The molecular weight excluding hydrogens is 326 g/mol. The minimum absolute atomic E-state index is 0. The Hall–Kier alpha value is -1.75. The molecule has 2 aromatic rings. The number of aromatic hydroxyl groups is 1. The first-order chi connectivity index (χ1) is 11.2. The Balaban J connectivity index is 0.00000208. The van der Waals surface area contributed by atoms with Crippen molar-refractivity contribution < 1.29 is 14.6 Å². The molecule has 1 saturated heterocycles. The predicted octanol–water partition coefficient (Wildman–Crippen LogP) is 3.82. The molecule has 0 amide bonds. The molecule has 1 heterocycles. The number of hydrogen-bond acceptors (Lipinski definition) is 4. The van der Waals surface area contributed by atoms with Crippen molar-refractivity contribution in [1.29, 1.82) is 0 Å². The van der Waals surface area contributed by atoms with Gasteiger partial charge in [-0.15, -0.1) is 12.4 Å². The van der Waals surface area contributed by atoms with Gasteiger partial charge < -0.3 is 20.3 Å². The zero-order valence-electron chi connectivity index (χ0n) is 13.6. The van der Waals surface area contributed by atoms with E-state index in [1.807, 2.05) is 42.5 Å². The molecule has 4 nitrogen and oxygen atoms in total. The van der Waals surface area contributed by atoms with Gasteiger partial charge in [0.05, 0.1) is 0 Å². The minimum atomic E-state index is -0.165. The van der Waals surface area contributed by atoms with E-state index in [0.717, 1.165) is 37.2 Å². The van der Waals surface area contributed by atoms with Gasteiger partial charge in [0.15, 0.2) is 0 Å². The van der Waals surface area contributed by atoms with Crippen LogP contribution >= 0.6 is 12.4 Å². The van der Waals surface area contributed by atoms with E-state index in [-0.39, 0.29) is 24.2 Å². The van der Waals surface area contributed by atoms with Crippen molar-refractivity contribution in [3.05, 3.63) is 59.7 Å². The molecular formula is C19H24ClNO3. The van der Waals surface area contributed by atoms with E-state index in [9.17, 15) is 5.11 Å². The molecule has 1 fully saturated rings. The topological polar surface area (TPSA) is 64.7 Å². The largest absolute Gasteiger partial charge is 0.507 e. The van der Waals surface area contributed by atoms with Crippen LogP contribution in [-0.4, -0.2) is 18.3 Å². The lowest BCUT2D eigenvalue weighted by Gasteiger charge is -2.28. The molecule has 3 rings (SSSR count). The molecule has 0 bridgehead atoms. The molecule has 2 aromatic carbocycles. The fourth-order valence-corrected chi connectivity index (χ4v) is 2.96. The standard InChI is InChI=1S/C19H23NO3.ClH/c20-19(15-8-10-22-11-9-15)17-7-6-16(12-18(17)21)23-13-14-4-2-1-3-5-14;/h1-7,12,15,19,21H,8-11,13,20H2;1H/t19-;/m0./s1. The van der Waals surface area contributed by atoms with Crippen LogP contribution in [0.2, 0.25) is 0 Å². The maximum atomic E-state index is 10.3. The van der Waals surface area contributed by atoms with E-state index in [0.29, 0.717) is 18.3 Å². The fourth-order valence-electron chi connectivity index (χ4n) is 2.96. The van der Waals surface area contributed by atoms with Gasteiger partial charge >= 0.3 is 0 Å². The Bertz CT molecular complexity index is 630. The van der Waals surface area contributed by atoms with E-state index < -0.39 is 0 Å². The summed E-state index contributed by atoms with van der Waals surface area (Å²) < 4.78 is 11.1. The first kappa shape index (κ1) is 18.6. The van der Waals surface area contributed by atoms with E-state index >= 15 is 0 Å². The lowest BCUT2D eigenvalue weighted by molar-refractivity contribution is 0.0581.